The molecule has 3 N–H and O–H groups in total. The van der Waals surface area contributed by atoms with Crippen molar-refractivity contribution >= 4 is 16.0 Å². The fourth-order valence-electron chi connectivity index (χ4n) is 6.15. The van der Waals surface area contributed by atoms with Gasteiger partial charge in [-0.05, 0) is 97.4 Å². The Morgan fingerprint density at radius 1 is 1.02 bits per heavy atom. The molecule has 0 saturated heterocycles. The number of hydrogen-bond donors (Lipinski definition) is 3. The van der Waals surface area contributed by atoms with Crippen molar-refractivity contribution in [1.29, 1.82) is 0 Å². The van der Waals surface area contributed by atoms with E-state index >= 15 is 0 Å². The van der Waals surface area contributed by atoms with Crippen molar-refractivity contribution in [2.75, 3.05) is 20.1 Å². The van der Waals surface area contributed by atoms with E-state index in [2.05, 4.69) is 43.4 Å². The molecule has 0 fully saturated rings. The maximum atomic E-state index is 13.6. The van der Waals surface area contributed by atoms with Gasteiger partial charge in [0.25, 0.3) is 0 Å². The van der Waals surface area contributed by atoms with Gasteiger partial charge in [0.1, 0.15) is 0 Å². The van der Waals surface area contributed by atoms with Gasteiger partial charge >= 0.3 is 5.97 Å². The Balaban J connectivity index is 1.39. The molecule has 42 heavy (non-hydrogen) atoms. The highest BCUT2D eigenvalue weighted by molar-refractivity contribution is 7.89. The molecule has 0 bridgehead atoms. The lowest BCUT2D eigenvalue weighted by Gasteiger charge is -2.31. The highest BCUT2D eigenvalue weighted by Crippen LogP contribution is 2.32. The van der Waals surface area contributed by atoms with Crippen LogP contribution in [0.2, 0.25) is 0 Å². The van der Waals surface area contributed by atoms with Crippen molar-refractivity contribution in [2.45, 2.75) is 75.8 Å². The average Bonchev–Trinajstić information content (AvgIpc) is 3.36. The Labute approximate surface area is 250 Å². The van der Waals surface area contributed by atoms with Crippen LogP contribution in [0.5, 0.6) is 0 Å². The van der Waals surface area contributed by atoms with Gasteiger partial charge in [0.05, 0.1) is 11.0 Å². The molecule has 0 aliphatic heterocycles. The van der Waals surface area contributed by atoms with E-state index in [9.17, 15) is 18.3 Å². The number of β-amino-alcohol motifs (C(OH)–C–C–N with tert-alkyl or cyclic N) is 1. The predicted molar refractivity (Wildman–Crippen MR) is 167 cm³/mol. The van der Waals surface area contributed by atoms with E-state index in [0.717, 1.165) is 36.0 Å². The molecule has 0 amide bonds. The molecular weight excluding hydrogens is 548 g/mol. The van der Waals surface area contributed by atoms with E-state index in [1.165, 1.54) is 22.5 Å². The van der Waals surface area contributed by atoms with Gasteiger partial charge in [-0.3, -0.25) is 4.79 Å². The molecule has 0 radical (unpaired) electrons. The summed E-state index contributed by atoms with van der Waals surface area (Å²) in [6.45, 7) is 6.46. The molecule has 226 valence electrons. The van der Waals surface area contributed by atoms with Crippen LogP contribution in [0.4, 0.5) is 0 Å². The van der Waals surface area contributed by atoms with Gasteiger partial charge in [0.2, 0.25) is 10.0 Å². The molecule has 1 aliphatic rings. The molecule has 0 spiro atoms. The number of hydrogen-bond acceptors (Lipinski definition) is 5. The SMILES string of the molecule is CCc1cc(-c2ccccc2CCC(=O)O)ccc1S(=O)(=O)N(C)CC(O)CNC(C)(C)CC1Cc2ccccc2C1. The van der Waals surface area contributed by atoms with Gasteiger partial charge < -0.3 is 15.5 Å². The summed E-state index contributed by atoms with van der Waals surface area (Å²) in [5.41, 5.74) is 5.99. The van der Waals surface area contributed by atoms with Crippen molar-refractivity contribution in [3.63, 3.8) is 0 Å². The van der Waals surface area contributed by atoms with Crippen molar-refractivity contribution in [2.24, 2.45) is 5.92 Å². The molecule has 3 aromatic rings. The number of carboxylic acids is 1. The summed E-state index contributed by atoms with van der Waals surface area (Å²) < 4.78 is 28.4. The quantitative estimate of drug-likeness (QED) is 0.241. The summed E-state index contributed by atoms with van der Waals surface area (Å²) in [5.74, 6) is -0.311. The van der Waals surface area contributed by atoms with Gasteiger partial charge in [0, 0.05) is 32.1 Å². The fourth-order valence-corrected chi connectivity index (χ4v) is 7.62. The minimum absolute atomic E-state index is 0.0246. The van der Waals surface area contributed by atoms with E-state index < -0.39 is 22.1 Å². The Morgan fingerprint density at radius 2 is 1.67 bits per heavy atom. The largest absolute Gasteiger partial charge is 0.481 e. The normalized spacial score (nSPS) is 14.7. The predicted octanol–water partition coefficient (Wildman–Crippen LogP) is 5.09. The van der Waals surface area contributed by atoms with Crippen molar-refractivity contribution in [3.8, 4) is 11.1 Å². The first kappa shape index (κ1) is 31.9. The molecule has 1 atom stereocenters. The van der Waals surface area contributed by atoms with Crippen LogP contribution >= 0.6 is 0 Å². The van der Waals surface area contributed by atoms with E-state index in [0.29, 0.717) is 30.9 Å². The highest BCUT2D eigenvalue weighted by atomic mass is 32.2. The third-order valence-electron chi connectivity index (χ3n) is 8.28. The first-order chi connectivity index (χ1) is 19.9. The second-order valence-corrected chi connectivity index (χ2v) is 14.2. The number of carbonyl (C=O) groups is 1. The molecule has 1 unspecified atom stereocenters. The summed E-state index contributed by atoms with van der Waals surface area (Å²) in [5, 5.41) is 23.4. The summed E-state index contributed by atoms with van der Waals surface area (Å²) in [7, 11) is -2.33. The Morgan fingerprint density at radius 3 is 2.31 bits per heavy atom. The van der Waals surface area contributed by atoms with Crippen LogP contribution < -0.4 is 5.32 Å². The zero-order valence-corrected chi connectivity index (χ0v) is 26.0. The maximum Gasteiger partial charge on any atom is 0.303 e. The molecule has 1 aliphatic carbocycles. The van der Waals surface area contributed by atoms with Crippen molar-refractivity contribution < 1.29 is 23.4 Å². The zero-order chi connectivity index (χ0) is 30.5. The molecular formula is C34H44N2O5S. The zero-order valence-electron chi connectivity index (χ0n) is 25.1. The lowest BCUT2D eigenvalue weighted by atomic mass is 9.88. The third kappa shape index (κ3) is 7.86. The molecule has 3 aromatic carbocycles. The van der Waals surface area contributed by atoms with Crippen LogP contribution in [0, 0.1) is 5.92 Å². The number of aliphatic carboxylic acids is 1. The maximum absolute atomic E-state index is 13.6. The number of benzene rings is 3. The minimum Gasteiger partial charge on any atom is -0.481 e. The first-order valence-corrected chi connectivity index (χ1v) is 16.2. The monoisotopic (exact) mass is 592 g/mol. The molecule has 0 aromatic heterocycles. The molecule has 0 heterocycles. The average molecular weight is 593 g/mol. The van der Waals surface area contributed by atoms with Gasteiger partial charge in [-0.2, -0.15) is 4.31 Å². The number of likely N-dealkylation sites (N-methyl/N-ethyl adjacent to an activating group) is 1. The lowest BCUT2D eigenvalue weighted by Crippen LogP contribution is -2.47. The summed E-state index contributed by atoms with van der Waals surface area (Å²) in [4.78, 5) is 11.3. The third-order valence-corrected chi connectivity index (χ3v) is 10.2. The van der Waals surface area contributed by atoms with Gasteiger partial charge in [-0.25, -0.2) is 8.42 Å². The fraction of sp³-hybridized carbons (Fsp3) is 0.441. The Bertz CT molecular complexity index is 1480. The van der Waals surface area contributed by atoms with Crippen molar-refractivity contribution in [3.05, 3.63) is 89.0 Å². The number of rotatable bonds is 14. The smallest absolute Gasteiger partial charge is 0.303 e. The molecule has 0 saturated carbocycles. The van der Waals surface area contributed by atoms with Gasteiger partial charge in [-0.1, -0.05) is 61.5 Å². The number of aliphatic hydroxyl groups excluding tert-OH is 1. The molecule has 8 heteroatoms. The van der Waals surface area contributed by atoms with Crippen LogP contribution in [0.3, 0.4) is 0 Å². The first-order valence-electron chi connectivity index (χ1n) is 14.8. The van der Waals surface area contributed by atoms with Crippen LogP contribution in [0.15, 0.2) is 71.6 Å². The van der Waals surface area contributed by atoms with E-state index in [4.69, 9.17) is 5.11 Å². The summed E-state index contributed by atoms with van der Waals surface area (Å²) in [6, 6.07) is 21.5. The molecule has 7 nitrogen and oxygen atoms in total. The van der Waals surface area contributed by atoms with Crippen molar-refractivity contribution in [1.82, 2.24) is 9.62 Å². The second kappa shape index (κ2) is 13.5. The minimum atomic E-state index is -3.84. The van der Waals surface area contributed by atoms with E-state index in [-0.39, 0.29) is 23.4 Å². The number of carboxylic acid groups (broad SMARTS) is 1. The van der Waals surface area contributed by atoms with Crippen LogP contribution in [0.25, 0.3) is 11.1 Å². The standard InChI is InChI=1S/C34H44N2O5S/c1-5-25-20-29(31-13-9-8-10-26(31)15-17-33(38)39)14-16-32(25)42(40,41)36(4)23-30(37)22-35-34(2,3)21-24-18-27-11-6-7-12-28(27)19-24/h6-14,16,20,24,30,35,37H,5,15,17-19,21-23H2,1-4H3,(H,38,39). The number of nitrogens with one attached hydrogen (secondary N) is 1. The molecule has 4 rings (SSSR count). The number of nitrogens with zero attached hydrogens (tertiary/aromatic N) is 1. The van der Waals surface area contributed by atoms with E-state index in [1.54, 1.807) is 12.1 Å². The number of fused-ring (bicyclic) bond motifs is 1. The number of sulfonamides is 1. The summed E-state index contributed by atoms with van der Waals surface area (Å²) >= 11 is 0. The van der Waals surface area contributed by atoms with Gasteiger partial charge in [-0.15, -0.1) is 0 Å². The van der Waals surface area contributed by atoms with Gasteiger partial charge in [0.15, 0.2) is 0 Å². The topological polar surface area (TPSA) is 107 Å². The van der Waals surface area contributed by atoms with Crippen LogP contribution in [-0.4, -0.2) is 60.7 Å². The van der Waals surface area contributed by atoms with E-state index in [1.807, 2.05) is 37.3 Å². The van der Waals surface area contributed by atoms with Crippen LogP contribution in [-0.2, 0) is 40.5 Å². The second-order valence-electron chi connectivity index (χ2n) is 12.2. The number of aliphatic hydroxyl groups is 1. The Hall–Kier alpha value is -3.04. The number of aryl methyl sites for hydroxylation is 2. The van der Waals surface area contributed by atoms with Crippen LogP contribution in [0.1, 0.15) is 55.9 Å². The summed E-state index contributed by atoms with van der Waals surface area (Å²) in [6.07, 6.45) is 3.17. The highest BCUT2D eigenvalue weighted by Gasteiger charge is 2.30. The lowest BCUT2D eigenvalue weighted by molar-refractivity contribution is -0.136. The Kier molecular flexibility index (Phi) is 10.3.